The monoisotopic (exact) mass is 281 g/mol. The van der Waals surface area contributed by atoms with Gasteiger partial charge in [0.15, 0.2) is 9.84 Å². The van der Waals surface area contributed by atoms with E-state index in [1.54, 1.807) is 18.2 Å². The number of piperidine rings is 1. The molecule has 1 N–H and O–H groups in total. The minimum Gasteiger partial charge on any atom is -0.465 e. The summed E-state index contributed by atoms with van der Waals surface area (Å²) >= 11 is 0. The average molecular weight is 281 g/mol. The largest absolute Gasteiger partial charge is 0.465 e. The van der Waals surface area contributed by atoms with E-state index in [4.69, 9.17) is 5.11 Å². The van der Waals surface area contributed by atoms with Crippen molar-refractivity contribution >= 4 is 15.9 Å². The van der Waals surface area contributed by atoms with Gasteiger partial charge in [0.1, 0.15) is 0 Å². The average Bonchev–Trinajstić information content (AvgIpc) is 2.39. The van der Waals surface area contributed by atoms with Gasteiger partial charge in [-0.1, -0.05) is 18.2 Å². The zero-order chi connectivity index (χ0) is 13.9. The third kappa shape index (κ3) is 3.35. The van der Waals surface area contributed by atoms with Crippen molar-refractivity contribution < 1.29 is 18.3 Å². The summed E-state index contributed by atoms with van der Waals surface area (Å²) in [5, 5.41) is 10.1. The Morgan fingerprint density at radius 3 is 2.58 bits per heavy atom. The number of likely N-dealkylation sites (tertiary alicyclic amines) is 1. The highest BCUT2D eigenvalue weighted by molar-refractivity contribution is 7.94. The summed E-state index contributed by atoms with van der Waals surface area (Å²) in [6.07, 6.45) is 0.265. The molecule has 1 amide bonds. The van der Waals surface area contributed by atoms with Gasteiger partial charge in [0.25, 0.3) is 0 Å². The van der Waals surface area contributed by atoms with Gasteiger partial charge in [-0.2, -0.15) is 0 Å². The molecule has 6 heteroatoms. The van der Waals surface area contributed by atoms with Crippen molar-refractivity contribution in [1.82, 2.24) is 4.90 Å². The second-order valence-corrected chi connectivity index (χ2v) is 6.24. The van der Waals surface area contributed by atoms with Crippen LogP contribution in [0.1, 0.15) is 12.8 Å². The molecule has 2 rings (SSSR count). The van der Waals surface area contributed by atoms with Crippen molar-refractivity contribution in [2.75, 3.05) is 13.1 Å². The van der Waals surface area contributed by atoms with Gasteiger partial charge in [0, 0.05) is 18.5 Å². The van der Waals surface area contributed by atoms with E-state index in [0.29, 0.717) is 25.0 Å². The predicted octanol–water partition coefficient (Wildman–Crippen LogP) is 2.12. The lowest BCUT2D eigenvalue weighted by Gasteiger charge is -2.25. The maximum absolute atomic E-state index is 12.1. The molecular weight excluding hydrogens is 266 g/mol. The van der Waals surface area contributed by atoms with Gasteiger partial charge in [-0.25, -0.2) is 13.2 Å². The Balaban J connectivity index is 2.23. The fourth-order valence-electron chi connectivity index (χ4n) is 2.06. The molecule has 0 aromatic heterocycles. The number of carboxylic acid groups (broad SMARTS) is 1. The van der Waals surface area contributed by atoms with E-state index in [9.17, 15) is 13.2 Å². The normalized spacial score (nSPS) is 18.5. The number of amides is 1. The first-order valence-corrected chi connectivity index (χ1v) is 7.51. The van der Waals surface area contributed by atoms with E-state index in [2.05, 4.69) is 0 Å². The van der Waals surface area contributed by atoms with Gasteiger partial charge in [0.05, 0.1) is 4.90 Å². The van der Waals surface area contributed by atoms with Gasteiger partial charge in [-0.15, -0.1) is 0 Å². The lowest BCUT2D eigenvalue weighted by atomic mass is 10.1. The molecule has 5 nitrogen and oxygen atoms in total. The summed E-state index contributed by atoms with van der Waals surface area (Å²) in [5.74, 6) is 0. The molecule has 0 unspecified atom stereocenters. The Kier molecular flexibility index (Phi) is 3.90. The lowest BCUT2D eigenvalue weighted by molar-refractivity contribution is 0.144. The highest BCUT2D eigenvalue weighted by Crippen LogP contribution is 2.20. The van der Waals surface area contributed by atoms with Gasteiger partial charge in [-0.3, -0.25) is 0 Å². The van der Waals surface area contributed by atoms with Crippen molar-refractivity contribution in [3.05, 3.63) is 41.3 Å². The molecule has 1 heterocycles. The molecule has 1 aromatic rings. The number of benzene rings is 1. The molecule has 0 radical (unpaired) electrons. The summed E-state index contributed by atoms with van der Waals surface area (Å²) in [4.78, 5) is 12.3. The zero-order valence-electron chi connectivity index (χ0n) is 10.3. The van der Waals surface area contributed by atoms with E-state index in [1.807, 2.05) is 0 Å². The Labute approximate surface area is 112 Å². The van der Waals surface area contributed by atoms with Gasteiger partial charge >= 0.3 is 6.09 Å². The molecule has 102 valence electrons. The lowest BCUT2D eigenvalue weighted by Crippen LogP contribution is -2.35. The second kappa shape index (κ2) is 5.44. The predicted molar refractivity (Wildman–Crippen MR) is 70.5 cm³/mol. The van der Waals surface area contributed by atoms with Crippen LogP contribution in [0.3, 0.4) is 0 Å². The van der Waals surface area contributed by atoms with Crippen LogP contribution in [0.4, 0.5) is 4.79 Å². The number of hydrogen-bond donors (Lipinski definition) is 1. The number of carbonyl (C=O) groups is 1. The molecule has 0 aliphatic carbocycles. The summed E-state index contributed by atoms with van der Waals surface area (Å²) in [6, 6.07) is 8.14. The van der Waals surface area contributed by atoms with E-state index < -0.39 is 15.9 Å². The van der Waals surface area contributed by atoms with Crippen LogP contribution in [0.15, 0.2) is 46.2 Å². The van der Waals surface area contributed by atoms with E-state index in [1.165, 1.54) is 22.4 Å². The van der Waals surface area contributed by atoms with Crippen LogP contribution in [-0.2, 0) is 9.84 Å². The fourth-order valence-corrected chi connectivity index (χ4v) is 3.36. The number of hydrogen-bond acceptors (Lipinski definition) is 3. The molecule has 19 heavy (non-hydrogen) atoms. The SMILES string of the molecule is O=C(O)N1CCC/C(=C\S(=O)(=O)c2ccccc2)C1. The topological polar surface area (TPSA) is 74.7 Å². The Hall–Kier alpha value is -1.82. The minimum absolute atomic E-state index is 0.168. The van der Waals surface area contributed by atoms with Crippen molar-refractivity contribution in [3.63, 3.8) is 0 Å². The molecule has 0 atom stereocenters. The Morgan fingerprint density at radius 2 is 1.95 bits per heavy atom. The van der Waals surface area contributed by atoms with Crippen LogP contribution < -0.4 is 0 Å². The van der Waals surface area contributed by atoms with Crippen molar-refractivity contribution in [1.29, 1.82) is 0 Å². The van der Waals surface area contributed by atoms with Gasteiger partial charge < -0.3 is 10.0 Å². The Morgan fingerprint density at radius 1 is 1.26 bits per heavy atom. The molecule has 0 saturated carbocycles. The first kappa shape index (κ1) is 13.6. The van der Waals surface area contributed by atoms with Crippen LogP contribution in [0.25, 0.3) is 0 Å². The first-order valence-electron chi connectivity index (χ1n) is 5.96. The molecule has 1 saturated heterocycles. The summed E-state index contributed by atoms with van der Waals surface area (Å²) < 4.78 is 24.3. The number of nitrogens with zero attached hydrogens (tertiary/aromatic N) is 1. The van der Waals surface area contributed by atoms with Crippen LogP contribution in [-0.4, -0.2) is 37.6 Å². The minimum atomic E-state index is -3.49. The van der Waals surface area contributed by atoms with Crippen molar-refractivity contribution in [2.45, 2.75) is 17.7 Å². The first-order chi connectivity index (χ1) is 8.99. The van der Waals surface area contributed by atoms with Crippen molar-refractivity contribution in [3.8, 4) is 0 Å². The molecule has 0 bridgehead atoms. The maximum Gasteiger partial charge on any atom is 0.407 e. The molecular formula is C13H15NO4S. The summed E-state index contributed by atoms with van der Waals surface area (Å²) in [6.45, 7) is 0.624. The van der Waals surface area contributed by atoms with Gasteiger partial charge in [-0.05, 0) is 30.5 Å². The third-order valence-electron chi connectivity index (χ3n) is 2.98. The van der Waals surface area contributed by atoms with Crippen LogP contribution in [0, 0.1) is 0 Å². The standard InChI is InChI=1S/C13H15NO4S/c15-13(16)14-8-4-5-11(9-14)10-19(17,18)12-6-2-1-3-7-12/h1-3,6-7,10H,4-5,8-9H2,(H,15,16)/b11-10+. The summed E-state index contributed by atoms with van der Waals surface area (Å²) in [5.41, 5.74) is 0.637. The molecule has 1 fully saturated rings. The van der Waals surface area contributed by atoms with E-state index >= 15 is 0 Å². The fraction of sp³-hybridized carbons (Fsp3) is 0.308. The molecule has 1 aromatic carbocycles. The smallest absolute Gasteiger partial charge is 0.407 e. The van der Waals surface area contributed by atoms with Crippen LogP contribution >= 0.6 is 0 Å². The van der Waals surface area contributed by atoms with Crippen LogP contribution in [0.5, 0.6) is 0 Å². The van der Waals surface area contributed by atoms with Gasteiger partial charge in [0.2, 0.25) is 0 Å². The summed E-state index contributed by atoms with van der Waals surface area (Å²) in [7, 11) is -3.49. The molecule has 1 aliphatic heterocycles. The number of sulfone groups is 1. The third-order valence-corrected chi connectivity index (χ3v) is 4.56. The maximum atomic E-state index is 12.1. The molecule has 0 spiro atoms. The quantitative estimate of drug-likeness (QED) is 0.901. The van der Waals surface area contributed by atoms with Crippen LogP contribution in [0.2, 0.25) is 0 Å². The second-order valence-electron chi connectivity index (χ2n) is 4.44. The Bertz CT molecular complexity index is 592. The highest BCUT2D eigenvalue weighted by atomic mass is 32.2. The highest BCUT2D eigenvalue weighted by Gasteiger charge is 2.21. The molecule has 1 aliphatic rings. The number of rotatable bonds is 2. The van der Waals surface area contributed by atoms with E-state index in [-0.39, 0.29) is 11.4 Å². The van der Waals surface area contributed by atoms with E-state index in [0.717, 1.165) is 0 Å². The zero-order valence-corrected chi connectivity index (χ0v) is 11.1. The van der Waals surface area contributed by atoms with Crippen molar-refractivity contribution in [2.24, 2.45) is 0 Å².